The van der Waals surface area contributed by atoms with Crippen molar-refractivity contribution in [2.24, 2.45) is 16.7 Å². The van der Waals surface area contributed by atoms with Gasteiger partial charge in [-0.2, -0.15) is 0 Å². The molecular weight excluding hydrogens is 416 g/mol. The second-order valence-electron chi connectivity index (χ2n) is 6.99. The zero-order valence-corrected chi connectivity index (χ0v) is 15.5. The van der Waals surface area contributed by atoms with Gasteiger partial charge in [0.2, 0.25) is 0 Å². The van der Waals surface area contributed by atoms with Crippen molar-refractivity contribution in [3.63, 3.8) is 0 Å². The van der Waals surface area contributed by atoms with Gasteiger partial charge in [-0.1, -0.05) is 0 Å². The molecule has 19 heavy (non-hydrogen) atoms. The molecule has 0 radical (unpaired) electrons. The first-order valence-corrected chi connectivity index (χ1v) is 16.2. The molecule has 3 aliphatic rings. The fourth-order valence-corrected chi connectivity index (χ4v) is 18.5. The van der Waals surface area contributed by atoms with E-state index < -0.39 is 16.4 Å². The molecule has 1 aliphatic heterocycles. The maximum atomic E-state index is 6.73. The third-order valence-electron chi connectivity index (χ3n) is 6.16. The Kier molecular flexibility index (Phi) is 2.77. The minimum absolute atomic E-state index is 0.470. The molecule has 2 bridgehead atoms. The predicted molar refractivity (Wildman–Crippen MR) is 84.0 cm³/mol. The van der Waals surface area contributed by atoms with Crippen LogP contribution in [0, 0.1) is 16.7 Å². The van der Waals surface area contributed by atoms with Crippen molar-refractivity contribution in [1.82, 2.24) is 0 Å². The van der Waals surface area contributed by atoms with Crippen molar-refractivity contribution in [2.75, 3.05) is 0 Å². The van der Waals surface area contributed by atoms with Gasteiger partial charge >= 0.3 is 127 Å². The maximum absolute atomic E-state index is 6.73. The standard InChI is InChI=1S/C16H21BrOTe/c1-15(2)12-8-9-16(15)11-19(17,18-14(16)10-12)13-6-4-3-5-7-13/h3-7,12,14H,8-11H2,1-2H3/t12-,14-,16-/m1/s1. The third kappa shape index (κ3) is 1.57. The number of fused-ring (bicyclic) bond motifs is 1. The molecule has 1 nitrogen and oxygen atoms in total. The SMILES string of the molecule is CC1(C)[C@@H]2CC[C@]13C[Te@@](Br)(c1ccccc1)O[C@@H]3C2. The van der Waals surface area contributed by atoms with E-state index in [2.05, 4.69) is 56.9 Å². The van der Waals surface area contributed by atoms with Gasteiger partial charge < -0.3 is 0 Å². The number of rotatable bonds is 1. The summed E-state index contributed by atoms with van der Waals surface area (Å²) in [7, 11) is 0. The van der Waals surface area contributed by atoms with E-state index in [9.17, 15) is 0 Å². The molecule has 1 aromatic carbocycles. The van der Waals surface area contributed by atoms with E-state index in [1.807, 2.05) is 0 Å². The van der Waals surface area contributed by atoms with Crippen molar-refractivity contribution < 1.29 is 3.10 Å². The van der Waals surface area contributed by atoms with Crippen LogP contribution in [0.2, 0.25) is 4.47 Å². The van der Waals surface area contributed by atoms with E-state index in [4.69, 9.17) is 3.10 Å². The molecule has 104 valence electrons. The Morgan fingerprint density at radius 1 is 1.26 bits per heavy atom. The van der Waals surface area contributed by atoms with Crippen LogP contribution in [0.1, 0.15) is 33.1 Å². The topological polar surface area (TPSA) is 9.23 Å². The fraction of sp³-hybridized carbons (Fsp3) is 0.625. The number of benzene rings is 1. The van der Waals surface area contributed by atoms with Gasteiger partial charge in [-0.3, -0.25) is 0 Å². The van der Waals surface area contributed by atoms with Crippen molar-refractivity contribution in [3.05, 3.63) is 30.3 Å². The van der Waals surface area contributed by atoms with Gasteiger partial charge in [-0.05, 0) is 0 Å². The Balaban J connectivity index is 1.75. The zero-order valence-electron chi connectivity index (χ0n) is 11.6. The Hall–Kier alpha value is 0.450. The number of hydrogen-bond donors (Lipinski definition) is 0. The van der Waals surface area contributed by atoms with Crippen LogP contribution in [0.15, 0.2) is 30.3 Å². The third-order valence-corrected chi connectivity index (χ3v) is 18.1. The van der Waals surface area contributed by atoms with E-state index >= 15 is 0 Å². The molecular formula is C16H21BrOTe. The summed E-state index contributed by atoms with van der Waals surface area (Å²) in [6, 6.07) is 11.0. The normalized spacial score (nSPS) is 46.5. The summed E-state index contributed by atoms with van der Waals surface area (Å²) >= 11 is 1.62. The van der Waals surface area contributed by atoms with Crippen LogP contribution >= 0.6 is 12.8 Å². The van der Waals surface area contributed by atoms with Crippen molar-refractivity contribution in [1.29, 1.82) is 0 Å². The summed E-state index contributed by atoms with van der Waals surface area (Å²) in [4.78, 5) is 0. The molecule has 3 fully saturated rings. The molecule has 0 unspecified atom stereocenters. The van der Waals surface area contributed by atoms with Crippen LogP contribution in [-0.4, -0.2) is 22.5 Å². The molecule has 0 aromatic heterocycles. The summed E-state index contributed by atoms with van der Waals surface area (Å²) in [5.74, 6) is 0.896. The molecule has 1 saturated heterocycles. The summed E-state index contributed by atoms with van der Waals surface area (Å²) in [6.07, 6.45) is 4.65. The van der Waals surface area contributed by atoms with Crippen LogP contribution in [0.5, 0.6) is 0 Å². The minimum atomic E-state index is -2.51. The van der Waals surface area contributed by atoms with Gasteiger partial charge in [-0.25, -0.2) is 0 Å². The van der Waals surface area contributed by atoms with E-state index in [-0.39, 0.29) is 0 Å². The molecule has 1 heterocycles. The first-order valence-electron chi connectivity index (χ1n) is 7.22. The van der Waals surface area contributed by atoms with Gasteiger partial charge in [0.05, 0.1) is 0 Å². The zero-order chi connectivity index (χ0) is 13.3. The summed E-state index contributed by atoms with van der Waals surface area (Å²) in [6.45, 7) is 5.00. The van der Waals surface area contributed by atoms with Crippen LogP contribution in [-0.2, 0) is 3.10 Å². The van der Waals surface area contributed by atoms with Gasteiger partial charge in [-0.15, -0.1) is 0 Å². The average Bonchev–Trinajstić information content (AvgIpc) is 2.91. The van der Waals surface area contributed by atoms with Crippen molar-refractivity contribution in [3.8, 4) is 0 Å². The van der Waals surface area contributed by atoms with Crippen LogP contribution < -0.4 is 3.61 Å². The average molecular weight is 437 g/mol. The molecule has 0 N–H and O–H groups in total. The molecule has 0 amide bonds. The predicted octanol–water partition coefficient (Wildman–Crippen LogP) is 3.96. The molecule has 2 saturated carbocycles. The van der Waals surface area contributed by atoms with Gasteiger partial charge in [0, 0.05) is 0 Å². The second kappa shape index (κ2) is 4.01. The van der Waals surface area contributed by atoms with E-state index in [1.165, 1.54) is 27.3 Å². The summed E-state index contributed by atoms with van der Waals surface area (Å²) in [5, 5.41) is 0. The monoisotopic (exact) mass is 438 g/mol. The molecule has 4 rings (SSSR count). The number of halogens is 1. The van der Waals surface area contributed by atoms with Gasteiger partial charge in [0.15, 0.2) is 0 Å². The van der Waals surface area contributed by atoms with Gasteiger partial charge in [0.25, 0.3) is 0 Å². The summed E-state index contributed by atoms with van der Waals surface area (Å²) in [5.41, 5.74) is 0.950. The molecule has 2 aliphatic carbocycles. The van der Waals surface area contributed by atoms with Gasteiger partial charge in [0.1, 0.15) is 0 Å². The Bertz CT molecular complexity index is 517. The molecule has 4 atom stereocenters. The first-order chi connectivity index (χ1) is 8.98. The fourth-order valence-electron chi connectivity index (χ4n) is 4.79. The Morgan fingerprint density at radius 2 is 2.00 bits per heavy atom. The molecule has 1 spiro atoms. The number of hydrogen-bond acceptors (Lipinski definition) is 1. The van der Waals surface area contributed by atoms with E-state index in [0.29, 0.717) is 16.9 Å². The van der Waals surface area contributed by atoms with Crippen LogP contribution in [0.3, 0.4) is 0 Å². The van der Waals surface area contributed by atoms with E-state index in [0.717, 1.165) is 5.92 Å². The van der Waals surface area contributed by atoms with Crippen LogP contribution in [0.25, 0.3) is 0 Å². The molecule has 1 aromatic rings. The van der Waals surface area contributed by atoms with Crippen molar-refractivity contribution >= 4 is 32.8 Å². The molecule has 3 heteroatoms. The quantitative estimate of drug-likeness (QED) is 0.606. The van der Waals surface area contributed by atoms with E-state index in [1.54, 1.807) is 0 Å². The van der Waals surface area contributed by atoms with Crippen LogP contribution in [0.4, 0.5) is 0 Å². The first kappa shape index (κ1) is 13.1. The summed E-state index contributed by atoms with van der Waals surface area (Å²) < 4.78 is 9.51. The van der Waals surface area contributed by atoms with Crippen molar-refractivity contribution in [2.45, 2.75) is 43.7 Å². The Labute approximate surface area is 126 Å². The Morgan fingerprint density at radius 3 is 2.63 bits per heavy atom. The second-order valence-corrected chi connectivity index (χ2v) is 20.1.